The predicted octanol–water partition coefficient (Wildman–Crippen LogP) is 4.63. The molecular weight excluding hydrogens is 618 g/mol. The van der Waals surface area contributed by atoms with Crippen molar-refractivity contribution in [2.75, 3.05) is 43.1 Å². The molecule has 12 nitrogen and oxygen atoms in total. The van der Waals surface area contributed by atoms with E-state index in [2.05, 4.69) is 63.0 Å². The van der Waals surface area contributed by atoms with Crippen LogP contribution in [0.5, 0.6) is 0 Å². The minimum absolute atomic E-state index is 0.0400. The second kappa shape index (κ2) is 10.7. The molecule has 0 bridgehead atoms. The van der Waals surface area contributed by atoms with E-state index in [-0.39, 0.29) is 25.0 Å². The lowest BCUT2D eigenvalue weighted by Crippen LogP contribution is -2.66. The highest BCUT2D eigenvalue weighted by atomic mass is 16.5. The van der Waals surface area contributed by atoms with Gasteiger partial charge in [0, 0.05) is 59.3 Å². The van der Waals surface area contributed by atoms with Crippen molar-refractivity contribution >= 4 is 39.7 Å². The van der Waals surface area contributed by atoms with Crippen LogP contribution in [0.1, 0.15) is 71.2 Å². The Labute approximate surface area is 282 Å². The van der Waals surface area contributed by atoms with E-state index in [9.17, 15) is 9.59 Å². The molecule has 5 fully saturated rings. The summed E-state index contributed by atoms with van der Waals surface area (Å²) < 4.78 is 7.43. The van der Waals surface area contributed by atoms with Gasteiger partial charge in [0.05, 0.1) is 60.7 Å². The van der Waals surface area contributed by atoms with Crippen molar-refractivity contribution in [3.05, 3.63) is 88.9 Å². The molecule has 2 atom stereocenters. The van der Waals surface area contributed by atoms with Gasteiger partial charge in [0.2, 0.25) is 5.91 Å². The summed E-state index contributed by atoms with van der Waals surface area (Å²) in [6, 6.07) is 16.7. The molecule has 4 aromatic heterocycles. The molecule has 2 aliphatic carbocycles. The van der Waals surface area contributed by atoms with Gasteiger partial charge in [-0.25, -0.2) is 19.3 Å². The number of hydrogen-bond acceptors (Lipinski definition) is 9. The number of urea groups is 1. The first-order valence-electron chi connectivity index (χ1n) is 17.3. The number of pyridine rings is 2. The Morgan fingerprint density at radius 1 is 1.02 bits per heavy atom. The van der Waals surface area contributed by atoms with Crippen molar-refractivity contribution in [1.29, 1.82) is 0 Å². The molecule has 3 aliphatic heterocycles. The van der Waals surface area contributed by atoms with E-state index < -0.39 is 0 Å². The van der Waals surface area contributed by atoms with Crippen LogP contribution in [0, 0.1) is 12.3 Å². The highest BCUT2D eigenvalue weighted by molar-refractivity contribution is 6.01. The molecule has 248 valence electrons. The monoisotopic (exact) mass is 655 g/mol. The average Bonchev–Trinajstić information content (AvgIpc) is 3.99. The minimum atomic E-state index is -0.355. The summed E-state index contributed by atoms with van der Waals surface area (Å²) in [5, 5.41) is 12.3. The van der Waals surface area contributed by atoms with Gasteiger partial charge in [-0.2, -0.15) is 5.10 Å². The van der Waals surface area contributed by atoms with Gasteiger partial charge in [0.1, 0.15) is 5.82 Å². The zero-order valence-corrected chi connectivity index (χ0v) is 27.4. The number of ether oxygens (including phenoxy) is 1. The van der Waals surface area contributed by atoms with Crippen LogP contribution in [0.25, 0.3) is 16.4 Å². The summed E-state index contributed by atoms with van der Waals surface area (Å²) >= 11 is 0. The number of imide groups is 1. The number of nitrogens with one attached hydrogen (secondary N) is 2. The van der Waals surface area contributed by atoms with E-state index in [0.29, 0.717) is 29.7 Å². The van der Waals surface area contributed by atoms with Crippen molar-refractivity contribution in [3.8, 4) is 0 Å². The molecule has 49 heavy (non-hydrogen) atoms. The molecule has 0 radical (unpaired) electrons. The highest BCUT2D eigenvalue weighted by Gasteiger charge is 2.50. The van der Waals surface area contributed by atoms with E-state index in [4.69, 9.17) is 19.8 Å². The number of carbonyl (C=O) groups excluding carboxylic acids is 2. The first-order chi connectivity index (χ1) is 23.9. The molecule has 3 amide bonds. The molecule has 10 rings (SSSR count). The lowest BCUT2D eigenvalue weighted by molar-refractivity contribution is -0.126. The number of benzene rings is 1. The zero-order valence-electron chi connectivity index (χ0n) is 27.4. The van der Waals surface area contributed by atoms with Crippen molar-refractivity contribution in [2.24, 2.45) is 5.41 Å². The van der Waals surface area contributed by atoms with Gasteiger partial charge in [-0.05, 0) is 86.2 Å². The van der Waals surface area contributed by atoms with Crippen LogP contribution in [0.3, 0.4) is 0 Å². The second-order valence-electron chi connectivity index (χ2n) is 14.7. The molecule has 2 saturated carbocycles. The largest absolute Gasteiger partial charge is 0.380 e. The van der Waals surface area contributed by atoms with Crippen molar-refractivity contribution in [2.45, 2.75) is 57.0 Å². The maximum atomic E-state index is 12.4. The topological polar surface area (TPSA) is 130 Å². The number of rotatable bonds is 9. The minimum Gasteiger partial charge on any atom is -0.380 e. The van der Waals surface area contributed by atoms with Gasteiger partial charge in [-0.3, -0.25) is 14.7 Å². The molecule has 12 heteroatoms. The maximum absolute atomic E-state index is 12.4. The normalized spacial score (nSPS) is 22.5. The number of aryl methyl sites for hydroxylation is 1. The van der Waals surface area contributed by atoms with Gasteiger partial charge in [0.25, 0.3) is 0 Å². The van der Waals surface area contributed by atoms with Crippen LogP contribution in [0.2, 0.25) is 0 Å². The van der Waals surface area contributed by atoms with Gasteiger partial charge in [-0.15, -0.1) is 0 Å². The molecule has 1 spiro atoms. The van der Waals surface area contributed by atoms with Gasteiger partial charge in [-0.1, -0.05) is 0 Å². The van der Waals surface area contributed by atoms with Gasteiger partial charge >= 0.3 is 6.03 Å². The number of fused-ring (bicyclic) bond motifs is 2. The maximum Gasteiger partial charge on any atom is 0.324 e. The van der Waals surface area contributed by atoms with Crippen LogP contribution < -0.4 is 15.5 Å². The third kappa shape index (κ3) is 5.08. The fourth-order valence-electron chi connectivity index (χ4n) is 7.82. The van der Waals surface area contributed by atoms with Crippen molar-refractivity contribution in [1.82, 2.24) is 34.8 Å². The summed E-state index contributed by atoms with van der Waals surface area (Å²) in [4.78, 5) is 43.0. The number of amides is 3. The molecule has 5 aliphatic rings. The Hall–Kier alpha value is -5.10. The molecule has 2 N–H and O–H groups in total. The van der Waals surface area contributed by atoms with Gasteiger partial charge in [0.15, 0.2) is 0 Å². The Morgan fingerprint density at radius 2 is 1.90 bits per heavy atom. The van der Waals surface area contributed by atoms with Crippen molar-refractivity contribution < 1.29 is 14.3 Å². The van der Waals surface area contributed by atoms with E-state index in [1.54, 1.807) is 0 Å². The summed E-state index contributed by atoms with van der Waals surface area (Å²) in [5.41, 5.74) is 9.51. The molecule has 0 unspecified atom stereocenters. The Morgan fingerprint density at radius 3 is 2.65 bits per heavy atom. The predicted molar refractivity (Wildman–Crippen MR) is 183 cm³/mol. The standard InChI is InChI=1S/C37H37N9O3/c1-21-6-7-38-35(41-21)30-12-29(30)32-13-33(44-17-37(18-44)19-49-20-37)28-5-4-24(11-31(28)42-32)39-14-25-10-26-8-23(22-2-3-22)9-27(46(26)43-25)16-45-34(47)15-40-36(45)48/h4-11,13,22,29-30,39H,2-3,12,14-20H2,1H3,(H,40,48)/t29-,30-/m0/s1. The molecular formula is C37H37N9O3. The summed E-state index contributed by atoms with van der Waals surface area (Å²) in [6.45, 7) is 6.48. The Balaban J connectivity index is 0.936. The van der Waals surface area contributed by atoms with E-state index >= 15 is 0 Å². The number of anilines is 2. The zero-order chi connectivity index (χ0) is 32.9. The Kier molecular flexibility index (Phi) is 6.30. The molecule has 3 saturated heterocycles. The second-order valence-corrected chi connectivity index (χ2v) is 14.7. The third-order valence-corrected chi connectivity index (χ3v) is 10.8. The van der Waals surface area contributed by atoms with Crippen LogP contribution in [0.15, 0.2) is 54.7 Å². The summed E-state index contributed by atoms with van der Waals surface area (Å²) in [6.07, 6.45) is 5.18. The van der Waals surface area contributed by atoms with Crippen LogP contribution >= 0.6 is 0 Å². The first-order valence-corrected chi connectivity index (χ1v) is 17.3. The molecule has 7 heterocycles. The number of carbonyl (C=O) groups is 2. The number of nitrogens with zero attached hydrogens (tertiary/aromatic N) is 7. The SMILES string of the molecule is Cc1ccnc([C@H]2C[C@@H]2c2cc(N3CC4(COC4)C3)c3ccc(NCc4cc5cc(C6CC6)cc(CN6C(=O)CNC6=O)n5n4)cc3n2)n1. The van der Waals surface area contributed by atoms with E-state index in [1.807, 2.05) is 23.7 Å². The summed E-state index contributed by atoms with van der Waals surface area (Å²) in [5.74, 6) is 1.82. The fourth-order valence-corrected chi connectivity index (χ4v) is 7.82. The first kappa shape index (κ1) is 28.9. The van der Waals surface area contributed by atoms with E-state index in [1.165, 1.54) is 16.2 Å². The summed E-state index contributed by atoms with van der Waals surface area (Å²) in [7, 11) is 0. The van der Waals surface area contributed by atoms with Crippen molar-refractivity contribution in [3.63, 3.8) is 0 Å². The highest BCUT2D eigenvalue weighted by Crippen LogP contribution is 2.54. The molecule has 5 aromatic rings. The van der Waals surface area contributed by atoms with Crippen LogP contribution in [-0.2, 0) is 22.6 Å². The number of hydrogen-bond donors (Lipinski definition) is 2. The van der Waals surface area contributed by atoms with Crippen LogP contribution in [-0.4, -0.2) is 74.3 Å². The fraction of sp³-hybridized carbons (Fsp3) is 0.405. The number of aromatic nitrogens is 5. The third-order valence-electron chi connectivity index (χ3n) is 10.8. The lowest BCUT2D eigenvalue weighted by atomic mass is 9.77. The quantitative estimate of drug-likeness (QED) is 0.218. The molecule has 1 aromatic carbocycles. The van der Waals surface area contributed by atoms with E-state index in [0.717, 1.165) is 96.3 Å². The smallest absolute Gasteiger partial charge is 0.324 e. The van der Waals surface area contributed by atoms with Gasteiger partial charge < -0.3 is 20.3 Å². The average molecular weight is 656 g/mol. The Bertz CT molecular complexity index is 2170. The van der Waals surface area contributed by atoms with Crippen LogP contribution in [0.4, 0.5) is 16.2 Å². The lowest BCUT2D eigenvalue weighted by Gasteiger charge is -2.56.